The Hall–Kier alpha value is -1.65. The van der Waals surface area contributed by atoms with E-state index in [-0.39, 0.29) is 11.6 Å². The zero-order chi connectivity index (χ0) is 11.7. The number of hydrogen-bond donors (Lipinski definition) is 2. The lowest BCUT2D eigenvalue weighted by Crippen LogP contribution is -2.39. The summed E-state index contributed by atoms with van der Waals surface area (Å²) in [5.74, 6) is 0.320. The minimum atomic E-state index is 0.160. The normalized spacial score (nSPS) is 21.1. The van der Waals surface area contributed by atoms with Crippen LogP contribution in [-0.4, -0.2) is 12.6 Å². The fraction of sp³-hybridized carbons (Fsp3) is 0.545. The number of piperidine rings is 1. The van der Waals surface area contributed by atoms with Crippen LogP contribution in [0.25, 0.3) is 0 Å². The maximum Gasteiger partial charge on any atom is 0.221 e. The lowest BCUT2D eigenvalue weighted by atomic mass is 10.0. The third-order valence-electron chi connectivity index (χ3n) is 3.20. The average molecular weight is 222 g/mol. The molecule has 1 aromatic heterocycles. The highest BCUT2D eigenvalue weighted by molar-refractivity contribution is 5.56. The fourth-order valence-electron chi connectivity index (χ4n) is 2.26. The van der Waals surface area contributed by atoms with Gasteiger partial charge in [-0.2, -0.15) is 0 Å². The van der Waals surface area contributed by atoms with Crippen molar-refractivity contribution in [2.75, 3.05) is 22.9 Å². The van der Waals surface area contributed by atoms with E-state index in [1.54, 1.807) is 12.1 Å². The van der Waals surface area contributed by atoms with Gasteiger partial charge in [0.2, 0.25) is 11.6 Å². The van der Waals surface area contributed by atoms with Crippen LogP contribution in [0.4, 0.5) is 17.3 Å². The molecule has 2 rings (SSSR count). The van der Waals surface area contributed by atoms with Gasteiger partial charge >= 0.3 is 0 Å². The molecule has 1 aromatic rings. The van der Waals surface area contributed by atoms with E-state index in [4.69, 9.17) is 11.5 Å². The summed E-state index contributed by atoms with van der Waals surface area (Å²) in [5, 5.41) is 11.3. The molecule has 0 spiro atoms. The number of aromatic nitrogens is 1. The molecule has 0 saturated carbocycles. The van der Waals surface area contributed by atoms with E-state index in [9.17, 15) is 5.21 Å². The number of anilines is 3. The van der Waals surface area contributed by atoms with Crippen molar-refractivity contribution in [1.29, 1.82) is 0 Å². The summed E-state index contributed by atoms with van der Waals surface area (Å²) in [7, 11) is 0. The first-order valence-electron chi connectivity index (χ1n) is 5.65. The first-order valence-corrected chi connectivity index (χ1v) is 5.65. The van der Waals surface area contributed by atoms with Crippen LogP contribution < -0.4 is 21.1 Å². The zero-order valence-electron chi connectivity index (χ0n) is 9.52. The number of nitrogens with two attached hydrogens (primary N) is 2. The average Bonchev–Trinajstić information content (AvgIpc) is 2.26. The van der Waals surface area contributed by atoms with Crippen molar-refractivity contribution in [2.24, 2.45) is 0 Å². The van der Waals surface area contributed by atoms with Crippen molar-refractivity contribution in [2.45, 2.75) is 32.2 Å². The summed E-state index contributed by atoms with van der Waals surface area (Å²) in [6.45, 7) is 3.19. The number of nitrogen functional groups attached to an aromatic ring is 2. The second-order valence-electron chi connectivity index (χ2n) is 4.40. The van der Waals surface area contributed by atoms with Gasteiger partial charge < -0.3 is 21.6 Å². The Kier molecular flexibility index (Phi) is 2.77. The van der Waals surface area contributed by atoms with E-state index in [2.05, 4.69) is 11.8 Å². The molecule has 1 saturated heterocycles. The van der Waals surface area contributed by atoms with Crippen molar-refractivity contribution >= 4 is 17.3 Å². The Labute approximate surface area is 95.2 Å². The number of rotatable bonds is 1. The molecular formula is C11H18N4O. The molecule has 4 N–H and O–H groups in total. The summed E-state index contributed by atoms with van der Waals surface area (Å²) < 4.78 is 0.554. The molecule has 0 aliphatic carbocycles. The zero-order valence-corrected chi connectivity index (χ0v) is 9.52. The van der Waals surface area contributed by atoms with Crippen LogP contribution in [-0.2, 0) is 0 Å². The van der Waals surface area contributed by atoms with Gasteiger partial charge in [0.15, 0.2) is 0 Å². The fourth-order valence-corrected chi connectivity index (χ4v) is 2.26. The SMILES string of the molecule is CC1CCCCN1c1cc(N)[n+]([O-])c(N)c1. The van der Waals surface area contributed by atoms with E-state index >= 15 is 0 Å². The highest BCUT2D eigenvalue weighted by Crippen LogP contribution is 2.26. The Bertz CT molecular complexity index is 371. The van der Waals surface area contributed by atoms with Gasteiger partial charge in [-0.15, -0.1) is 0 Å². The molecule has 0 radical (unpaired) electrons. The first-order chi connectivity index (χ1) is 7.59. The highest BCUT2D eigenvalue weighted by atomic mass is 16.5. The smallest absolute Gasteiger partial charge is 0.221 e. The topological polar surface area (TPSA) is 82.2 Å². The lowest BCUT2D eigenvalue weighted by molar-refractivity contribution is -0.574. The van der Waals surface area contributed by atoms with Crippen LogP contribution in [0.1, 0.15) is 26.2 Å². The predicted molar refractivity (Wildman–Crippen MR) is 64.9 cm³/mol. The third-order valence-corrected chi connectivity index (χ3v) is 3.20. The summed E-state index contributed by atoms with van der Waals surface area (Å²) in [5.41, 5.74) is 12.2. The largest absolute Gasteiger partial charge is 0.740 e. The van der Waals surface area contributed by atoms with Crippen LogP contribution in [0, 0.1) is 5.21 Å². The van der Waals surface area contributed by atoms with E-state index in [0.717, 1.165) is 12.2 Å². The molecule has 16 heavy (non-hydrogen) atoms. The van der Waals surface area contributed by atoms with E-state index in [0.29, 0.717) is 10.8 Å². The van der Waals surface area contributed by atoms with Crippen molar-refractivity contribution in [1.82, 2.24) is 0 Å². The molecule has 1 unspecified atom stereocenters. The molecule has 0 aromatic carbocycles. The van der Waals surface area contributed by atoms with Gasteiger partial charge in [0.05, 0.1) is 5.69 Å². The summed E-state index contributed by atoms with van der Waals surface area (Å²) >= 11 is 0. The summed E-state index contributed by atoms with van der Waals surface area (Å²) in [4.78, 5) is 2.26. The minimum absolute atomic E-state index is 0.160. The van der Waals surface area contributed by atoms with Crippen LogP contribution in [0.5, 0.6) is 0 Å². The van der Waals surface area contributed by atoms with E-state index < -0.39 is 0 Å². The lowest BCUT2D eigenvalue weighted by Gasteiger charge is -2.35. The molecule has 5 nitrogen and oxygen atoms in total. The molecule has 2 heterocycles. The molecule has 1 fully saturated rings. The van der Waals surface area contributed by atoms with Crippen molar-refractivity contribution in [3.63, 3.8) is 0 Å². The summed E-state index contributed by atoms with van der Waals surface area (Å²) in [6, 6.07) is 3.88. The molecule has 0 amide bonds. The predicted octanol–water partition coefficient (Wildman–Crippen LogP) is 0.863. The van der Waals surface area contributed by atoms with Crippen LogP contribution in [0.3, 0.4) is 0 Å². The van der Waals surface area contributed by atoms with Gasteiger partial charge in [-0.05, 0) is 26.2 Å². The van der Waals surface area contributed by atoms with Crippen LogP contribution in [0.15, 0.2) is 12.1 Å². The number of pyridine rings is 1. The standard InChI is InChI=1S/C11H18N4O/c1-8-4-2-3-5-14(8)9-6-10(12)15(16)11(13)7-9/h6-8H,2-5,12-13H2,1H3. The molecule has 1 aliphatic heterocycles. The third kappa shape index (κ3) is 1.85. The Morgan fingerprint density at radius 2 is 1.94 bits per heavy atom. The van der Waals surface area contributed by atoms with Crippen molar-refractivity contribution < 1.29 is 4.73 Å². The highest BCUT2D eigenvalue weighted by Gasteiger charge is 2.20. The molecular weight excluding hydrogens is 204 g/mol. The molecule has 5 heteroatoms. The summed E-state index contributed by atoms with van der Waals surface area (Å²) in [6.07, 6.45) is 3.61. The van der Waals surface area contributed by atoms with Gasteiger partial charge in [-0.25, -0.2) is 4.73 Å². The van der Waals surface area contributed by atoms with Gasteiger partial charge in [0.1, 0.15) is 0 Å². The van der Waals surface area contributed by atoms with Crippen LogP contribution in [0.2, 0.25) is 0 Å². The van der Waals surface area contributed by atoms with E-state index in [1.807, 2.05) is 0 Å². The molecule has 1 aliphatic rings. The molecule has 1 atom stereocenters. The van der Waals surface area contributed by atoms with E-state index in [1.165, 1.54) is 19.3 Å². The first kappa shape index (κ1) is 10.9. The Morgan fingerprint density at radius 1 is 1.31 bits per heavy atom. The number of nitrogens with zero attached hydrogens (tertiary/aromatic N) is 2. The quantitative estimate of drug-likeness (QED) is 0.545. The van der Waals surface area contributed by atoms with Crippen LogP contribution >= 0.6 is 0 Å². The maximum absolute atomic E-state index is 11.3. The van der Waals surface area contributed by atoms with Gasteiger partial charge in [-0.1, -0.05) is 0 Å². The van der Waals surface area contributed by atoms with Gasteiger partial charge in [0.25, 0.3) is 0 Å². The van der Waals surface area contributed by atoms with Crippen molar-refractivity contribution in [3.8, 4) is 0 Å². The Balaban J connectivity index is 2.32. The molecule has 88 valence electrons. The number of hydrogen-bond acceptors (Lipinski definition) is 4. The minimum Gasteiger partial charge on any atom is -0.740 e. The van der Waals surface area contributed by atoms with Gasteiger partial charge in [0, 0.05) is 24.7 Å². The van der Waals surface area contributed by atoms with Crippen molar-refractivity contribution in [3.05, 3.63) is 17.3 Å². The van der Waals surface area contributed by atoms with Gasteiger partial charge in [-0.3, -0.25) is 0 Å². The Morgan fingerprint density at radius 3 is 2.50 bits per heavy atom. The maximum atomic E-state index is 11.3. The molecule has 0 bridgehead atoms. The second kappa shape index (κ2) is 4.08. The monoisotopic (exact) mass is 222 g/mol. The second-order valence-corrected chi connectivity index (χ2v) is 4.40.